The number of morpholine rings is 1. The van der Waals surface area contributed by atoms with Gasteiger partial charge in [-0.15, -0.1) is 0 Å². The molecule has 11 heteroatoms. The first kappa shape index (κ1) is 28.3. The van der Waals surface area contributed by atoms with Crippen LogP contribution in [0.2, 0.25) is 0 Å². The van der Waals surface area contributed by atoms with Crippen molar-refractivity contribution < 1.29 is 28.7 Å². The van der Waals surface area contributed by atoms with Crippen LogP contribution < -0.4 is 16.4 Å². The van der Waals surface area contributed by atoms with Gasteiger partial charge in [-0.3, -0.25) is 19.2 Å². The predicted molar refractivity (Wildman–Crippen MR) is 139 cm³/mol. The van der Waals surface area contributed by atoms with Crippen molar-refractivity contribution in [3.05, 3.63) is 0 Å². The Kier molecular flexibility index (Phi) is 8.64. The van der Waals surface area contributed by atoms with Gasteiger partial charge in [0.25, 0.3) is 5.91 Å². The van der Waals surface area contributed by atoms with Gasteiger partial charge in [0.05, 0.1) is 19.3 Å². The Morgan fingerprint density at radius 2 is 1.68 bits per heavy atom. The number of nitrogens with zero attached hydrogens (tertiary/aromatic N) is 2. The quantitative estimate of drug-likeness (QED) is 0.373. The van der Waals surface area contributed by atoms with Gasteiger partial charge in [-0.2, -0.15) is 0 Å². The highest BCUT2D eigenvalue weighted by atomic mass is 16.5. The van der Waals surface area contributed by atoms with E-state index in [2.05, 4.69) is 24.5 Å². The maximum absolute atomic E-state index is 14.2. The standard InChI is InChI=1S/C27H43N5O6/c1-4-8-18(22(33)23(28)34)29-24(35)21-19-17(27(19,2)3)15-32(21)25(36)20(16-9-6-5-7-10-16)30-26(37)31-11-13-38-14-12-31/h16-21H,4-15H2,1-3H3,(H2,28,34)(H,29,35)(H,30,37)/t17?,18?,19?,20?,21-/m0/s1. The molecule has 0 spiro atoms. The van der Waals surface area contributed by atoms with Crippen LogP contribution in [0.1, 0.15) is 65.7 Å². The van der Waals surface area contributed by atoms with Crippen molar-refractivity contribution in [3.63, 3.8) is 0 Å². The predicted octanol–water partition coefficient (Wildman–Crippen LogP) is 0.799. The van der Waals surface area contributed by atoms with Crippen LogP contribution in [0.15, 0.2) is 0 Å². The van der Waals surface area contributed by atoms with E-state index < -0.39 is 35.7 Å². The molecule has 2 saturated heterocycles. The Labute approximate surface area is 224 Å². The number of hydrogen-bond acceptors (Lipinski definition) is 6. The van der Waals surface area contributed by atoms with Crippen LogP contribution in [-0.4, -0.2) is 90.3 Å². The first-order valence-electron chi connectivity index (χ1n) is 14.2. The molecule has 4 N–H and O–H groups in total. The zero-order chi connectivity index (χ0) is 27.6. The van der Waals surface area contributed by atoms with Gasteiger partial charge in [-0.25, -0.2) is 4.79 Å². The van der Waals surface area contributed by atoms with Crippen molar-refractivity contribution in [2.24, 2.45) is 28.9 Å². The second-order valence-electron chi connectivity index (χ2n) is 11.9. The Morgan fingerprint density at radius 3 is 2.29 bits per heavy atom. The normalized spacial score (nSPS) is 28.1. The number of primary amides is 1. The number of ether oxygens (including phenoxy) is 1. The summed E-state index contributed by atoms with van der Waals surface area (Å²) in [6, 6.07) is -2.79. The molecule has 11 nitrogen and oxygen atoms in total. The number of hydrogen-bond donors (Lipinski definition) is 3. The second-order valence-corrected chi connectivity index (χ2v) is 11.9. The third-order valence-corrected chi connectivity index (χ3v) is 9.18. The fourth-order valence-electron chi connectivity index (χ4n) is 6.82. The molecule has 4 aliphatic rings. The van der Waals surface area contributed by atoms with E-state index in [1.54, 1.807) is 9.80 Å². The highest BCUT2D eigenvalue weighted by molar-refractivity contribution is 6.37. The van der Waals surface area contributed by atoms with Gasteiger partial charge < -0.3 is 30.9 Å². The van der Waals surface area contributed by atoms with Gasteiger partial charge in [-0.1, -0.05) is 46.5 Å². The summed E-state index contributed by atoms with van der Waals surface area (Å²) in [5.41, 5.74) is 5.10. The molecule has 2 aliphatic heterocycles. The van der Waals surface area contributed by atoms with Crippen LogP contribution in [0.3, 0.4) is 0 Å². The monoisotopic (exact) mass is 533 g/mol. The minimum Gasteiger partial charge on any atom is -0.378 e. The Bertz CT molecular complexity index is 942. The number of piperidine rings is 1. The zero-order valence-electron chi connectivity index (χ0n) is 22.9. The van der Waals surface area contributed by atoms with Crippen LogP contribution in [0.5, 0.6) is 0 Å². The van der Waals surface area contributed by atoms with Gasteiger partial charge in [0.1, 0.15) is 12.1 Å². The largest absolute Gasteiger partial charge is 0.378 e. The number of nitrogens with one attached hydrogen (secondary N) is 2. The number of amides is 5. The van der Waals surface area contributed by atoms with E-state index in [1.807, 2.05) is 6.92 Å². The van der Waals surface area contributed by atoms with E-state index in [9.17, 15) is 24.0 Å². The molecule has 4 unspecified atom stereocenters. The topological polar surface area (TPSA) is 151 Å². The minimum atomic E-state index is -1.09. The van der Waals surface area contributed by atoms with E-state index in [0.717, 1.165) is 32.1 Å². The first-order chi connectivity index (χ1) is 18.1. The molecule has 5 atom stereocenters. The van der Waals surface area contributed by atoms with E-state index in [0.29, 0.717) is 39.3 Å². The van der Waals surface area contributed by atoms with E-state index in [-0.39, 0.29) is 41.5 Å². The lowest BCUT2D eigenvalue weighted by atomic mass is 9.83. The second kappa shape index (κ2) is 11.6. The van der Waals surface area contributed by atoms with Gasteiger partial charge in [0.2, 0.25) is 17.6 Å². The molecule has 0 aromatic heterocycles. The van der Waals surface area contributed by atoms with Crippen LogP contribution in [-0.2, 0) is 23.9 Å². The summed E-state index contributed by atoms with van der Waals surface area (Å²) < 4.78 is 5.36. The van der Waals surface area contributed by atoms with Crippen LogP contribution in [0.4, 0.5) is 4.79 Å². The molecule has 0 radical (unpaired) electrons. The van der Waals surface area contributed by atoms with Crippen LogP contribution in [0, 0.1) is 23.2 Å². The van der Waals surface area contributed by atoms with Gasteiger partial charge in [-0.05, 0) is 42.4 Å². The lowest BCUT2D eigenvalue weighted by Crippen LogP contribution is -2.61. The van der Waals surface area contributed by atoms with Gasteiger partial charge in [0, 0.05) is 19.6 Å². The average molecular weight is 534 g/mol. The number of rotatable bonds is 9. The van der Waals surface area contributed by atoms with Crippen molar-refractivity contribution in [2.75, 3.05) is 32.8 Å². The van der Waals surface area contributed by atoms with Crippen molar-refractivity contribution in [2.45, 2.75) is 83.8 Å². The first-order valence-corrected chi connectivity index (χ1v) is 14.2. The fraction of sp³-hybridized carbons (Fsp3) is 0.815. The van der Waals surface area contributed by atoms with Crippen molar-refractivity contribution >= 4 is 29.5 Å². The molecular formula is C27H43N5O6. The molecule has 212 valence electrons. The summed E-state index contributed by atoms with van der Waals surface area (Å²) in [5.74, 6) is -2.50. The molecule has 0 aromatic rings. The molecule has 0 aromatic carbocycles. The highest BCUT2D eigenvalue weighted by Crippen LogP contribution is 2.65. The number of Topliss-reactive ketones (excluding diaryl/α,β-unsaturated/α-hetero) is 1. The van der Waals surface area contributed by atoms with Crippen molar-refractivity contribution in [1.82, 2.24) is 20.4 Å². The average Bonchev–Trinajstić information content (AvgIpc) is 3.24. The third-order valence-electron chi connectivity index (χ3n) is 9.18. The molecule has 38 heavy (non-hydrogen) atoms. The van der Waals surface area contributed by atoms with E-state index >= 15 is 0 Å². The van der Waals surface area contributed by atoms with Crippen LogP contribution >= 0.6 is 0 Å². The smallest absolute Gasteiger partial charge is 0.318 e. The number of nitrogens with two attached hydrogens (primary N) is 1. The molecule has 5 amide bonds. The number of likely N-dealkylation sites (tertiary alicyclic amines) is 1. The summed E-state index contributed by atoms with van der Waals surface area (Å²) in [4.78, 5) is 68.2. The SMILES string of the molecule is CCCC(NC(=O)[C@@H]1C2C(CN1C(=O)C(NC(=O)N1CCOCC1)C1CCCCC1)C2(C)C)C(=O)C(N)=O. The van der Waals surface area contributed by atoms with Crippen molar-refractivity contribution in [1.29, 1.82) is 0 Å². The molecule has 2 saturated carbocycles. The Hall–Kier alpha value is -2.69. The minimum absolute atomic E-state index is 0.000771. The third kappa shape index (κ3) is 5.67. The summed E-state index contributed by atoms with van der Waals surface area (Å²) in [7, 11) is 0. The maximum atomic E-state index is 14.2. The van der Waals surface area contributed by atoms with Crippen LogP contribution in [0.25, 0.3) is 0 Å². The van der Waals surface area contributed by atoms with Gasteiger partial charge in [0.15, 0.2) is 0 Å². The number of carbonyl (C=O) groups excluding carboxylic acids is 5. The molecular weight excluding hydrogens is 490 g/mol. The van der Waals surface area contributed by atoms with Crippen molar-refractivity contribution in [3.8, 4) is 0 Å². The van der Waals surface area contributed by atoms with E-state index in [1.165, 1.54) is 0 Å². The number of fused-ring (bicyclic) bond motifs is 1. The number of ketones is 1. The fourth-order valence-corrected chi connectivity index (χ4v) is 6.82. The lowest BCUT2D eigenvalue weighted by Gasteiger charge is -2.38. The highest BCUT2D eigenvalue weighted by Gasteiger charge is 2.69. The molecule has 2 heterocycles. The Balaban J connectivity index is 1.55. The van der Waals surface area contributed by atoms with Gasteiger partial charge >= 0.3 is 6.03 Å². The summed E-state index contributed by atoms with van der Waals surface area (Å²) in [5, 5.41) is 5.77. The van der Waals surface area contributed by atoms with E-state index in [4.69, 9.17) is 10.5 Å². The molecule has 4 rings (SSSR count). The number of carbonyl (C=O) groups is 5. The molecule has 0 bridgehead atoms. The summed E-state index contributed by atoms with van der Waals surface area (Å²) in [6.45, 7) is 8.31. The molecule has 4 fully saturated rings. The Morgan fingerprint density at radius 1 is 1.03 bits per heavy atom. The summed E-state index contributed by atoms with van der Waals surface area (Å²) >= 11 is 0. The summed E-state index contributed by atoms with van der Waals surface area (Å²) in [6.07, 6.45) is 5.64. The molecule has 2 aliphatic carbocycles. The lowest BCUT2D eigenvalue weighted by molar-refractivity contribution is -0.144. The zero-order valence-corrected chi connectivity index (χ0v) is 22.9. The number of urea groups is 1. The maximum Gasteiger partial charge on any atom is 0.318 e.